The number of ether oxygens (including phenoxy) is 2. The summed E-state index contributed by atoms with van der Waals surface area (Å²) in [6.07, 6.45) is 1.38. The van der Waals surface area contributed by atoms with Crippen LogP contribution < -0.4 is 26.2 Å². The van der Waals surface area contributed by atoms with Gasteiger partial charge in [-0.2, -0.15) is 0 Å². The van der Waals surface area contributed by atoms with Crippen LogP contribution in [0.4, 0.5) is 17.1 Å². The summed E-state index contributed by atoms with van der Waals surface area (Å²) in [4.78, 5) is 39.5. The maximum atomic E-state index is 11.9. The smallest absolute Gasteiger partial charge is 0.360 e. The number of rotatable bonds is 7. The fraction of sp³-hybridized carbons (Fsp3) is 0.412. The molecule has 0 aliphatic carbocycles. The van der Waals surface area contributed by atoms with Crippen molar-refractivity contribution in [3.63, 3.8) is 0 Å². The zero-order chi connectivity index (χ0) is 18.7. The fourth-order valence-corrected chi connectivity index (χ4v) is 2.17. The van der Waals surface area contributed by atoms with Crippen LogP contribution in [-0.4, -0.2) is 31.2 Å². The number of hydrogen-bond donors (Lipinski definition) is 2. The van der Waals surface area contributed by atoms with Crippen molar-refractivity contribution in [2.75, 3.05) is 24.9 Å². The normalized spacial score (nSPS) is 12.1. The van der Waals surface area contributed by atoms with Crippen molar-refractivity contribution in [3.8, 4) is 5.75 Å². The van der Waals surface area contributed by atoms with Gasteiger partial charge in [-0.1, -0.05) is 13.8 Å². The minimum Gasteiger partial charge on any atom is -0.492 e. The van der Waals surface area contributed by atoms with Gasteiger partial charge < -0.3 is 20.1 Å². The van der Waals surface area contributed by atoms with Crippen LogP contribution in [0.5, 0.6) is 5.75 Å². The van der Waals surface area contributed by atoms with Crippen molar-refractivity contribution in [1.82, 2.24) is 4.98 Å². The standard InChI is InChI=1S/C17H21N3O5/c1-8(2)9(3)19-11-12(15(22)14(11)21)20-10-6-7-18-13(16(10)24-4)17(23)25-5/h6-9,19H,1-5H3,(H,18,20). The number of aromatic nitrogens is 1. The van der Waals surface area contributed by atoms with Crippen molar-refractivity contribution < 1.29 is 14.3 Å². The maximum absolute atomic E-state index is 11.9. The molecule has 2 rings (SSSR count). The van der Waals surface area contributed by atoms with E-state index in [1.165, 1.54) is 26.5 Å². The molecule has 25 heavy (non-hydrogen) atoms. The Hall–Kier alpha value is -2.90. The molecule has 134 valence electrons. The Balaban J connectivity index is 2.39. The third kappa shape index (κ3) is 3.47. The number of anilines is 3. The first kappa shape index (κ1) is 18.4. The monoisotopic (exact) mass is 347 g/mol. The molecular formula is C17H21N3O5. The molecule has 0 radical (unpaired) electrons. The molecule has 1 heterocycles. The number of methoxy groups -OCH3 is 2. The quantitative estimate of drug-likeness (QED) is 0.575. The van der Waals surface area contributed by atoms with Gasteiger partial charge in [-0.3, -0.25) is 9.59 Å². The lowest BCUT2D eigenvalue weighted by Crippen LogP contribution is -2.39. The number of nitrogens with one attached hydrogen (secondary N) is 2. The van der Waals surface area contributed by atoms with Crippen molar-refractivity contribution >= 4 is 23.0 Å². The Labute approximate surface area is 144 Å². The topological polar surface area (TPSA) is 107 Å². The molecule has 1 unspecified atom stereocenters. The second-order valence-corrected chi connectivity index (χ2v) is 5.94. The Morgan fingerprint density at radius 3 is 2.32 bits per heavy atom. The average Bonchev–Trinajstić information content (AvgIpc) is 2.62. The summed E-state index contributed by atoms with van der Waals surface area (Å²) < 4.78 is 9.88. The lowest BCUT2D eigenvalue weighted by Gasteiger charge is -2.22. The van der Waals surface area contributed by atoms with E-state index in [2.05, 4.69) is 20.4 Å². The van der Waals surface area contributed by atoms with Gasteiger partial charge in [-0.15, -0.1) is 0 Å². The largest absolute Gasteiger partial charge is 0.492 e. The van der Waals surface area contributed by atoms with E-state index in [1.807, 2.05) is 20.8 Å². The molecule has 2 aromatic rings. The van der Waals surface area contributed by atoms with Crippen LogP contribution >= 0.6 is 0 Å². The Kier molecular flexibility index (Phi) is 5.41. The summed E-state index contributed by atoms with van der Waals surface area (Å²) >= 11 is 0. The summed E-state index contributed by atoms with van der Waals surface area (Å²) in [6.45, 7) is 5.93. The number of pyridine rings is 1. The average molecular weight is 347 g/mol. The molecule has 0 amide bonds. The van der Waals surface area contributed by atoms with Gasteiger partial charge in [0.1, 0.15) is 11.4 Å². The van der Waals surface area contributed by atoms with Crippen molar-refractivity contribution in [2.45, 2.75) is 26.8 Å². The molecule has 0 bridgehead atoms. The first-order valence-corrected chi connectivity index (χ1v) is 7.79. The van der Waals surface area contributed by atoms with Crippen molar-refractivity contribution in [2.24, 2.45) is 5.92 Å². The lowest BCUT2D eigenvalue weighted by molar-refractivity contribution is 0.0590. The molecule has 8 nitrogen and oxygen atoms in total. The molecule has 1 aromatic heterocycles. The first-order chi connectivity index (χ1) is 11.8. The van der Waals surface area contributed by atoms with E-state index < -0.39 is 16.8 Å². The highest BCUT2D eigenvalue weighted by molar-refractivity contribution is 5.93. The van der Waals surface area contributed by atoms with Crippen LogP contribution in [0, 0.1) is 5.92 Å². The van der Waals surface area contributed by atoms with E-state index in [-0.39, 0.29) is 34.8 Å². The first-order valence-electron chi connectivity index (χ1n) is 7.79. The molecule has 0 saturated carbocycles. The summed E-state index contributed by atoms with van der Waals surface area (Å²) in [7, 11) is 2.60. The van der Waals surface area contributed by atoms with E-state index in [4.69, 9.17) is 4.74 Å². The Morgan fingerprint density at radius 2 is 1.76 bits per heavy atom. The lowest BCUT2D eigenvalue weighted by atomic mass is 10.0. The molecule has 1 atom stereocenters. The molecule has 0 aliphatic heterocycles. The SMILES string of the molecule is COC(=O)c1nccc(Nc2c(NC(C)C(C)C)c(=O)c2=O)c1OC. The summed E-state index contributed by atoms with van der Waals surface area (Å²) in [5.74, 6) is -0.263. The highest BCUT2D eigenvalue weighted by Gasteiger charge is 2.25. The van der Waals surface area contributed by atoms with Crippen LogP contribution in [-0.2, 0) is 4.74 Å². The van der Waals surface area contributed by atoms with E-state index in [0.717, 1.165) is 0 Å². The van der Waals surface area contributed by atoms with E-state index >= 15 is 0 Å². The predicted octanol–water partition coefficient (Wildman–Crippen LogP) is 1.67. The van der Waals surface area contributed by atoms with Crippen LogP contribution in [0.2, 0.25) is 0 Å². The van der Waals surface area contributed by atoms with Crippen LogP contribution in [0.1, 0.15) is 31.3 Å². The van der Waals surface area contributed by atoms with Crippen LogP contribution in [0.25, 0.3) is 0 Å². The third-order valence-electron chi connectivity index (χ3n) is 4.03. The van der Waals surface area contributed by atoms with Gasteiger partial charge in [0.15, 0.2) is 11.4 Å². The fourth-order valence-electron chi connectivity index (χ4n) is 2.17. The number of esters is 1. The maximum Gasteiger partial charge on any atom is 0.360 e. The van der Waals surface area contributed by atoms with Gasteiger partial charge in [0.2, 0.25) is 0 Å². The highest BCUT2D eigenvalue weighted by atomic mass is 16.5. The van der Waals surface area contributed by atoms with Crippen molar-refractivity contribution in [1.29, 1.82) is 0 Å². The number of hydrogen-bond acceptors (Lipinski definition) is 8. The summed E-state index contributed by atoms with van der Waals surface area (Å²) in [5.41, 5.74) is -0.528. The minimum atomic E-state index is -0.669. The van der Waals surface area contributed by atoms with Crippen LogP contribution in [0.15, 0.2) is 21.9 Å². The molecule has 0 fully saturated rings. The predicted molar refractivity (Wildman–Crippen MR) is 94.7 cm³/mol. The van der Waals surface area contributed by atoms with Gasteiger partial charge >= 0.3 is 5.97 Å². The molecule has 8 heteroatoms. The van der Waals surface area contributed by atoms with Gasteiger partial charge in [-0.05, 0) is 18.9 Å². The number of carbonyl (C=O) groups excluding carboxylic acids is 1. The zero-order valence-corrected chi connectivity index (χ0v) is 14.8. The Bertz CT molecular complexity index is 852. The highest BCUT2D eigenvalue weighted by Crippen LogP contribution is 2.31. The van der Waals surface area contributed by atoms with Gasteiger partial charge in [0.25, 0.3) is 10.9 Å². The van der Waals surface area contributed by atoms with Crippen LogP contribution in [0.3, 0.4) is 0 Å². The molecule has 2 N–H and O–H groups in total. The molecule has 0 spiro atoms. The molecule has 0 aliphatic rings. The van der Waals surface area contributed by atoms with Gasteiger partial charge in [0, 0.05) is 12.2 Å². The Morgan fingerprint density at radius 1 is 1.12 bits per heavy atom. The van der Waals surface area contributed by atoms with Crippen molar-refractivity contribution in [3.05, 3.63) is 38.4 Å². The second kappa shape index (κ2) is 7.33. The number of carbonyl (C=O) groups is 1. The molecule has 0 saturated heterocycles. The minimum absolute atomic E-state index is 0.00816. The van der Waals surface area contributed by atoms with E-state index in [9.17, 15) is 14.4 Å². The number of nitrogens with zero attached hydrogens (tertiary/aromatic N) is 1. The molecular weight excluding hydrogens is 326 g/mol. The second-order valence-electron chi connectivity index (χ2n) is 5.94. The molecule has 1 aromatic carbocycles. The third-order valence-corrected chi connectivity index (χ3v) is 4.03. The summed E-state index contributed by atoms with van der Waals surface area (Å²) in [6, 6.07) is 1.55. The summed E-state index contributed by atoms with van der Waals surface area (Å²) in [5, 5.41) is 5.92. The zero-order valence-electron chi connectivity index (χ0n) is 14.8. The van der Waals surface area contributed by atoms with Gasteiger partial charge in [0.05, 0.1) is 19.9 Å². The van der Waals surface area contributed by atoms with Gasteiger partial charge in [-0.25, -0.2) is 9.78 Å². The van der Waals surface area contributed by atoms with E-state index in [0.29, 0.717) is 5.69 Å². The van der Waals surface area contributed by atoms with E-state index in [1.54, 1.807) is 0 Å².